The first-order valence-electron chi connectivity index (χ1n) is 4.98. The van der Waals surface area contributed by atoms with Gasteiger partial charge in [0.25, 0.3) is 0 Å². The van der Waals surface area contributed by atoms with Crippen LogP contribution < -0.4 is 56.1 Å². The third kappa shape index (κ3) is 3.67. The van der Waals surface area contributed by atoms with Gasteiger partial charge in [-0.15, -0.1) is 12.1 Å². The molecule has 1 fully saturated rings. The number of benzene rings is 1. The summed E-state index contributed by atoms with van der Waals surface area (Å²) in [7, 11) is 0. The van der Waals surface area contributed by atoms with Gasteiger partial charge in [-0.05, 0) is 25.2 Å². The van der Waals surface area contributed by atoms with Crippen molar-refractivity contribution in [2.45, 2.75) is 32.3 Å². The average molecular weight is 214 g/mol. The van der Waals surface area contributed by atoms with E-state index in [2.05, 4.69) is 13.0 Å². The molecule has 0 aromatic heterocycles. The SMILES string of the molecule is CC1CCC(Oc2[c-]cccc2)C1.[K+]. The molecule has 0 amide bonds. The van der Waals surface area contributed by atoms with Gasteiger partial charge < -0.3 is 4.74 Å². The summed E-state index contributed by atoms with van der Waals surface area (Å²) in [4.78, 5) is 0. The number of para-hydroxylation sites is 1. The predicted octanol–water partition coefficient (Wildman–Crippen LogP) is 0.0582. The van der Waals surface area contributed by atoms with Crippen molar-refractivity contribution < 1.29 is 56.1 Å². The Bertz CT molecular complexity index is 260. The fourth-order valence-electron chi connectivity index (χ4n) is 1.89. The van der Waals surface area contributed by atoms with Crippen LogP contribution in [0.4, 0.5) is 0 Å². The van der Waals surface area contributed by atoms with Crippen molar-refractivity contribution in [3.63, 3.8) is 0 Å². The van der Waals surface area contributed by atoms with Crippen LogP contribution in [-0.2, 0) is 0 Å². The molecule has 0 heterocycles. The van der Waals surface area contributed by atoms with E-state index in [1.54, 1.807) is 0 Å². The Morgan fingerprint density at radius 2 is 2.21 bits per heavy atom. The van der Waals surface area contributed by atoms with Crippen LogP contribution in [0, 0.1) is 12.0 Å². The Labute approximate surface area is 129 Å². The van der Waals surface area contributed by atoms with E-state index in [4.69, 9.17) is 4.74 Å². The molecule has 0 N–H and O–H groups in total. The standard InChI is InChI=1S/C12H15O.K/c1-10-7-8-12(9-10)13-11-5-3-2-4-6-11;/h2-5,10,12H,7-9H2,1H3;/q-1;+1. The molecule has 70 valence electrons. The van der Waals surface area contributed by atoms with Crippen molar-refractivity contribution in [3.8, 4) is 5.75 Å². The van der Waals surface area contributed by atoms with E-state index >= 15 is 0 Å². The summed E-state index contributed by atoms with van der Waals surface area (Å²) in [5.74, 6) is 1.72. The van der Waals surface area contributed by atoms with E-state index in [9.17, 15) is 0 Å². The molecule has 2 rings (SSSR count). The minimum absolute atomic E-state index is 0. The van der Waals surface area contributed by atoms with Gasteiger partial charge in [-0.2, -0.15) is 18.2 Å². The Kier molecular flexibility index (Phi) is 5.71. The molecule has 2 atom stereocenters. The smallest absolute Gasteiger partial charge is 0.516 e. The van der Waals surface area contributed by atoms with E-state index in [-0.39, 0.29) is 51.4 Å². The largest absolute Gasteiger partial charge is 1.00 e. The van der Waals surface area contributed by atoms with E-state index in [0.29, 0.717) is 6.10 Å². The third-order valence-corrected chi connectivity index (χ3v) is 2.62. The second-order valence-electron chi connectivity index (χ2n) is 3.88. The van der Waals surface area contributed by atoms with Crippen molar-refractivity contribution in [2.24, 2.45) is 5.92 Å². The first kappa shape index (κ1) is 12.7. The number of rotatable bonds is 2. The minimum atomic E-state index is 0. The molecule has 0 spiro atoms. The molecule has 1 aliphatic rings. The maximum Gasteiger partial charge on any atom is 1.00 e. The topological polar surface area (TPSA) is 9.23 Å². The first-order chi connectivity index (χ1) is 6.34. The van der Waals surface area contributed by atoms with E-state index in [0.717, 1.165) is 11.7 Å². The molecule has 0 saturated heterocycles. The van der Waals surface area contributed by atoms with Crippen LogP contribution in [0.1, 0.15) is 26.2 Å². The van der Waals surface area contributed by atoms with Gasteiger partial charge in [-0.1, -0.05) is 6.92 Å². The van der Waals surface area contributed by atoms with Crippen molar-refractivity contribution in [2.75, 3.05) is 0 Å². The molecule has 0 aliphatic heterocycles. The summed E-state index contributed by atoms with van der Waals surface area (Å²) in [5, 5.41) is 0. The monoisotopic (exact) mass is 214 g/mol. The molecule has 2 heteroatoms. The molecule has 1 aromatic rings. The second-order valence-corrected chi connectivity index (χ2v) is 3.88. The molecule has 1 aliphatic carbocycles. The molecule has 1 aromatic carbocycles. The normalized spacial score (nSPS) is 25.5. The van der Waals surface area contributed by atoms with Gasteiger partial charge in [0.2, 0.25) is 0 Å². The van der Waals surface area contributed by atoms with Gasteiger partial charge in [0.05, 0.1) is 6.10 Å². The van der Waals surface area contributed by atoms with Crippen LogP contribution in [0.2, 0.25) is 0 Å². The van der Waals surface area contributed by atoms with Crippen molar-refractivity contribution >= 4 is 0 Å². The molecular formula is C12H15KO. The zero-order valence-electron chi connectivity index (χ0n) is 8.99. The van der Waals surface area contributed by atoms with Gasteiger partial charge in [0.15, 0.2) is 0 Å². The molecule has 1 nitrogen and oxygen atoms in total. The van der Waals surface area contributed by atoms with Crippen molar-refractivity contribution in [3.05, 3.63) is 30.3 Å². The molecule has 14 heavy (non-hydrogen) atoms. The van der Waals surface area contributed by atoms with Crippen LogP contribution in [0.5, 0.6) is 5.75 Å². The van der Waals surface area contributed by atoms with Crippen LogP contribution in [0.15, 0.2) is 24.3 Å². The summed E-state index contributed by atoms with van der Waals surface area (Å²) in [5.41, 5.74) is 0. The maximum atomic E-state index is 5.79. The summed E-state index contributed by atoms with van der Waals surface area (Å²) in [6.45, 7) is 2.29. The zero-order valence-corrected chi connectivity index (χ0v) is 12.1. The first-order valence-corrected chi connectivity index (χ1v) is 4.98. The van der Waals surface area contributed by atoms with Crippen molar-refractivity contribution in [1.82, 2.24) is 0 Å². The quantitative estimate of drug-likeness (QED) is 0.500. The molecule has 0 bridgehead atoms. The third-order valence-electron chi connectivity index (χ3n) is 2.62. The van der Waals surface area contributed by atoms with Gasteiger partial charge in [0.1, 0.15) is 0 Å². The fourth-order valence-corrected chi connectivity index (χ4v) is 1.89. The van der Waals surface area contributed by atoms with Crippen LogP contribution in [0.3, 0.4) is 0 Å². The Balaban J connectivity index is 0.000000980. The van der Waals surface area contributed by atoms with E-state index in [1.807, 2.05) is 24.3 Å². The van der Waals surface area contributed by atoms with Crippen molar-refractivity contribution in [1.29, 1.82) is 0 Å². The second kappa shape index (κ2) is 6.28. The molecular weight excluding hydrogens is 199 g/mol. The summed E-state index contributed by atoms with van der Waals surface area (Å²) >= 11 is 0. The molecule has 1 saturated carbocycles. The molecule has 0 radical (unpaired) electrons. The Morgan fingerprint density at radius 3 is 2.79 bits per heavy atom. The fraction of sp³-hybridized carbons (Fsp3) is 0.500. The predicted molar refractivity (Wildman–Crippen MR) is 52.7 cm³/mol. The van der Waals surface area contributed by atoms with Gasteiger partial charge >= 0.3 is 51.4 Å². The summed E-state index contributed by atoms with van der Waals surface area (Å²) in [6, 6.07) is 10.9. The Hall–Kier alpha value is 0.656. The van der Waals surface area contributed by atoms with Gasteiger partial charge in [-0.3, -0.25) is 0 Å². The Morgan fingerprint density at radius 1 is 1.36 bits per heavy atom. The number of hydrogen-bond donors (Lipinski definition) is 0. The van der Waals surface area contributed by atoms with Crippen LogP contribution in [0.25, 0.3) is 0 Å². The van der Waals surface area contributed by atoms with Gasteiger partial charge in [0, 0.05) is 5.75 Å². The van der Waals surface area contributed by atoms with Crippen LogP contribution >= 0.6 is 0 Å². The van der Waals surface area contributed by atoms with E-state index < -0.39 is 0 Å². The summed E-state index contributed by atoms with van der Waals surface area (Å²) in [6.07, 6.45) is 4.12. The van der Waals surface area contributed by atoms with Gasteiger partial charge in [-0.25, -0.2) is 0 Å². The number of hydrogen-bond acceptors (Lipinski definition) is 1. The summed E-state index contributed by atoms with van der Waals surface area (Å²) < 4.78 is 5.79. The van der Waals surface area contributed by atoms with Crippen LogP contribution in [-0.4, -0.2) is 6.10 Å². The zero-order chi connectivity index (χ0) is 9.10. The number of ether oxygens (including phenoxy) is 1. The van der Waals surface area contributed by atoms with E-state index in [1.165, 1.54) is 19.3 Å². The average Bonchev–Trinajstić information content (AvgIpc) is 2.53. The maximum absolute atomic E-state index is 5.79. The minimum Gasteiger partial charge on any atom is -0.516 e. The molecule has 2 unspecified atom stereocenters.